The predicted octanol–water partition coefficient (Wildman–Crippen LogP) is -2.25. The van der Waals surface area contributed by atoms with Crippen LogP contribution < -0.4 is 27.8 Å². The quantitative estimate of drug-likeness (QED) is 0.281. The molecule has 1 aromatic carbocycles. The van der Waals surface area contributed by atoms with E-state index in [0.717, 1.165) is 16.3 Å². The van der Waals surface area contributed by atoms with Gasteiger partial charge in [0.05, 0.1) is 0 Å². The van der Waals surface area contributed by atoms with Crippen LogP contribution in [-0.4, -0.2) is 5.97 Å². The number of esters is 1. The van der Waals surface area contributed by atoms with Crippen LogP contribution in [0.3, 0.4) is 0 Å². The number of rotatable bonds is 1. The third kappa shape index (κ3) is 5.13. The highest BCUT2D eigenvalue weighted by molar-refractivity contribution is 5.85. The van der Waals surface area contributed by atoms with Crippen molar-refractivity contribution in [1.82, 2.24) is 0 Å². The van der Waals surface area contributed by atoms with Crippen LogP contribution in [0.15, 0.2) is 54.9 Å². The molecule has 0 fully saturated rings. The maximum atomic E-state index is 11.1. The minimum Gasteiger partial charge on any atom is -0.420 e. The van der Waals surface area contributed by atoms with E-state index < -0.39 is 10.2 Å². The summed E-state index contributed by atoms with van der Waals surface area (Å²) in [5.41, 5.74) is 0.881. The van der Waals surface area contributed by atoms with Crippen molar-refractivity contribution in [2.45, 2.75) is 6.92 Å². The average molecular weight is 338 g/mol. The second-order valence-corrected chi connectivity index (χ2v) is 5.29. The minimum atomic E-state index is -4.94. The summed E-state index contributed by atoms with van der Waals surface area (Å²) in [6.07, 6.45) is 3.96. The summed E-state index contributed by atoms with van der Waals surface area (Å²) < 4.78 is 41.1. The van der Waals surface area contributed by atoms with Crippen molar-refractivity contribution < 1.29 is 42.8 Å². The van der Waals surface area contributed by atoms with Crippen LogP contribution in [0.2, 0.25) is 0 Å². The summed E-state index contributed by atoms with van der Waals surface area (Å²) in [5.74, 6) is 0.270. The highest BCUT2D eigenvalue weighted by Crippen LogP contribution is 2.20. The molecule has 0 saturated carbocycles. The second-order valence-electron chi connectivity index (χ2n) is 4.54. The maximum absolute atomic E-state index is 11.1. The molecule has 7 nitrogen and oxygen atoms in total. The first-order valence-electron chi connectivity index (χ1n) is 6.37. The molecule has 0 N–H and O–H groups in total. The van der Waals surface area contributed by atoms with Gasteiger partial charge in [0.1, 0.15) is 0 Å². The van der Waals surface area contributed by atoms with E-state index in [2.05, 4.69) is 6.07 Å². The van der Waals surface area contributed by atoms with Crippen LogP contribution in [0.1, 0.15) is 6.92 Å². The molecule has 3 aromatic rings. The number of hydrogen-bond acceptors (Lipinski definition) is 6. The zero-order chi connectivity index (χ0) is 17.0. The van der Waals surface area contributed by atoms with Crippen molar-refractivity contribution in [3.63, 3.8) is 0 Å². The molecule has 0 bridgehead atoms. The molecular weight excluding hydrogens is 326 g/mol. The number of hydrogen-bond donors (Lipinski definition) is 0. The SMILES string of the molecule is CC(=O)Oc1ccc[n+]2cc3ccccc3cc12.[O-][Cl+3]([O-])([O-])[O-]. The Labute approximate surface area is 133 Å². The number of ether oxygens (including phenoxy) is 1. The molecule has 2 heterocycles. The largest absolute Gasteiger partial charge is 0.420 e. The third-order valence-electron chi connectivity index (χ3n) is 2.84. The molecule has 0 aliphatic rings. The van der Waals surface area contributed by atoms with Crippen LogP contribution >= 0.6 is 0 Å². The molecule has 120 valence electrons. The molecule has 0 spiro atoms. The van der Waals surface area contributed by atoms with Crippen LogP contribution in [0, 0.1) is 10.2 Å². The van der Waals surface area contributed by atoms with Crippen molar-refractivity contribution >= 4 is 22.3 Å². The second kappa shape index (κ2) is 6.86. The van der Waals surface area contributed by atoms with Gasteiger partial charge in [0.25, 0.3) is 5.52 Å². The number of pyridine rings is 2. The zero-order valence-corrected chi connectivity index (χ0v) is 12.7. The van der Waals surface area contributed by atoms with Crippen molar-refractivity contribution in [2.24, 2.45) is 0 Å². The lowest BCUT2D eigenvalue weighted by Gasteiger charge is -2.17. The Morgan fingerprint density at radius 2 is 1.65 bits per heavy atom. The smallest absolute Gasteiger partial charge is 0.308 e. The van der Waals surface area contributed by atoms with E-state index in [-0.39, 0.29) is 5.97 Å². The average Bonchev–Trinajstić information content (AvgIpc) is 2.43. The van der Waals surface area contributed by atoms with E-state index in [1.165, 1.54) is 6.92 Å². The number of halogens is 1. The Morgan fingerprint density at radius 3 is 2.26 bits per heavy atom. The maximum Gasteiger partial charge on any atom is 0.308 e. The molecular formula is C15H12ClNO6. The first-order valence-corrected chi connectivity index (χ1v) is 7.60. The molecule has 3 rings (SSSR count). The number of nitrogens with zero attached hydrogens (tertiary/aromatic N) is 1. The fourth-order valence-electron chi connectivity index (χ4n) is 2.07. The molecule has 0 aliphatic carbocycles. The van der Waals surface area contributed by atoms with E-state index in [1.807, 2.05) is 47.1 Å². The highest BCUT2D eigenvalue weighted by Gasteiger charge is 2.12. The molecule has 23 heavy (non-hydrogen) atoms. The van der Waals surface area contributed by atoms with Gasteiger partial charge in [-0.05, 0) is 17.5 Å². The van der Waals surface area contributed by atoms with E-state index in [1.54, 1.807) is 6.07 Å². The lowest BCUT2D eigenvalue weighted by Crippen LogP contribution is -2.68. The molecule has 2 aromatic heterocycles. The number of carbonyl (C=O) groups is 1. The van der Waals surface area contributed by atoms with E-state index in [0.29, 0.717) is 5.75 Å². The van der Waals surface area contributed by atoms with Crippen LogP contribution in [0.5, 0.6) is 5.75 Å². The lowest BCUT2D eigenvalue weighted by molar-refractivity contribution is -2.00. The van der Waals surface area contributed by atoms with E-state index in [4.69, 9.17) is 23.4 Å². The van der Waals surface area contributed by atoms with Crippen molar-refractivity contribution in [2.75, 3.05) is 0 Å². The Balaban J connectivity index is 0.000000338. The summed E-state index contributed by atoms with van der Waals surface area (Å²) >= 11 is 0. The van der Waals surface area contributed by atoms with Gasteiger partial charge in [-0.25, -0.2) is 18.6 Å². The van der Waals surface area contributed by atoms with Crippen molar-refractivity contribution in [3.8, 4) is 5.75 Å². The van der Waals surface area contributed by atoms with Gasteiger partial charge in [0.2, 0.25) is 5.75 Å². The summed E-state index contributed by atoms with van der Waals surface area (Å²) in [7, 11) is -4.94. The minimum absolute atomic E-state index is 0.309. The van der Waals surface area contributed by atoms with Crippen LogP contribution in [-0.2, 0) is 4.79 Å². The third-order valence-corrected chi connectivity index (χ3v) is 2.84. The number of aromatic nitrogens is 1. The van der Waals surface area contributed by atoms with E-state index >= 15 is 0 Å². The summed E-state index contributed by atoms with van der Waals surface area (Å²) in [5, 5.41) is 2.27. The monoisotopic (exact) mass is 337 g/mol. The Bertz CT molecular complexity index is 840. The van der Waals surface area contributed by atoms with Crippen LogP contribution in [0.4, 0.5) is 0 Å². The van der Waals surface area contributed by atoms with Gasteiger partial charge in [-0.2, -0.15) is 4.40 Å². The highest BCUT2D eigenvalue weighted by atomic mass is 35.7. The van der Waals surface area contributed by atoms with Crippen molar-refractivity contribution in [3.05, 3.63) is 54.9 Å². The molecule has 8 heteroatoms. The molecule has 0 saturated heterocycles. The fourth-order valence-corrected chi connectivity index (χ4v) is 2.07. The molecule has 0 aliphatic heterocycles. The molecule has 0 unspecified atom stereocenters. The van der Waals surface area contributed by atoms with Crippen molar-refractivity contribution in [1.29, 1.82) is 0 Å². The van der Waals surface area contributed by atoms with Gasteiger partial charge >= 0.3 is 5.97 Å². The normalized spacial score (nSPS) is 11.0. The molecule has 0 atom stereocenters. The fraction of sp³-hybridized carbons (Fsp3) is 0.0667. The first-order chi connectivity index (χ1) is 10.7. The topological polar surface area (TPSA) is 123 Å². The van der Waals surface area contributed by atoms with Gasteiger partial charge in [-0.3, -0.25) is 4.79 Å². The van der Waals surface area contributed by atoms with Gasteiger partial charge in [0.15, 0.2) is 12.4 Å². The molecule has 0 amide bonds. The van der Waals surface area contributed by atoms with Crippen LogP contribution in [0.25, 0.3) is 16.3 Å². The van der Waals surface area contributed by atoms with E-state index in [9.17, 15) is 4.79 Å². The van der Waals surface area contributed by atoms with Gasteiger partial charge in [0, 0.05) is 24.4 Å². The number of fused-ring (bicyclic) bond motifs is 2. The Morgan fingerprint density at radius 1 is 1.04 bits per heavy atom. The van der Waals surface area contributed by atoms with Gasteiger partial charge in [-0.15, -0.1) is 10.2 Å². The zero-order valence-electron chi connectivity index (χ0n) is 12.0. The summed E-state index contributed by atoms with van der Waals surface area (Å²) in [6, 6.07) is 13.8. The summed E-state index contributed by atoms with van der Waals surface area (Å²) in [6.45, 7) is 1.41. The lowest BCUT2D eigenvalue weighted by atomic mass is 10.1. The van der Waals surface area contributed by atoms with Gasteiger partial charge < -0.3 is 4.74 Å². The Hall–Kier alpha value is -2.29. The standard InChI is InChI=1S/C15H12NO2.ClHO4/c1-11(17)18-15-7-4-8-16-10-13-6-3-2-5-12(13)9-14(15)16;2-1(3,4)5/h2-10H,1H3;(H,2,3,4,5)/q+1;/p-1. The summed E-state index contributed by atoms with van der Waals surface area (Å²) in [4.78, 5) is 11.1. The Kier molecular flexibility index (Phi) is 5.09. The first kappa shape index (κ1) is 17.1. The number of carbonyl (C=O) groups excluding carboxylic acids is 1. The molecule has 0 radical (unpaired) electrons. The number of benzene rings is 1. The predicted molar refractivity (Wildman–Crippen MR) is 68.4 cm³/mol. The van der Waals surface area contributed by atoms with Gasteiger partial charge in [-0.1, -0.05) is 18.2 Å².